The maximum absolute atomic E-state index is 7.89. The zero-order chi connectivity index (χ0) is 11.4. The van der Waals surface area contributed by atoms with E-state index >= 15 is 0 Å². The predicted molar refractivity (Wildman–Crippen MR) is 62.4 cm³/mol. The van der Waals surface area contributed by atoms with E-state index in [1.54, 1.807) is 0 Å². The summed E-state index contributed by atoms with van der Waals surface area (Å²) in [5, 5.41) is 1.82. The lowest BCUT2D eigenvalue weighted by Crippen LogP contribution is -3.07. The second-order valence-electron chi connectivity index (χ2n) is 6.36. The molecule has 4 N–H and O–H groups in total. The van der Waals surface area contributed by atoms with Crippen molar-refractivity contribution in [3.63, 3.8) is 0 Å². The van der Waals surface area contributed by atoms with E-state index in [2.05, 4.69) is 0 Å². The Labute approximate surface area is 97.9 Å². The second-order valence-corrected chi connectivity index (χ2v) is 6.36. The zero-order valence-electron chi connectivity index (χ0n) is 10.3. The second kappa shape index (κ2) is 3.67. The highest BCUT2D eigenvalue weighted by Crippen LogP contribution is 2.57. The highest BCUT2D eigenvalue weighted by Gasteiger charge is 2.58. The average Bonchev–Trinajstić information content (AvgIpc) is 2.87. The Morgan fingerprint density at radius 1 is 0.812 bits per heavy atom. The number of nitrogens with one attached hydrogen (secondary N) is 4. The molecule has 3 aliphatic rings. The standard InChI is InChI=1S/C12H24N4/c1-15(13)8-5-9-7-3-11(10(9)6-8)12(4-7)16(2)14/h7-16H,3-6H2,1-2H3. The van der Waals surface area contributed by atoms with Crippen molar-refractivity contribution in [3.05, 3.63) is 11.7 Å². The summed E-state index contributed by atoms with van der Waals surface area (Å²) in [6.07, 6.45) is 5.21. The van der Waals surface area contributed by atoms with E-state index in [0.717, 1.165) is 33.7 Å². The number of hydrogen-bond acceptors (Lipinski definition) is 0. The number of fused-ring (bicyclic) bond motifs is 5. The highest BCUT2D eigenvalue weighted by molar-refractivity contribution is 5.05. The van der Waals surface area contributed by atoms with Crippen molar-refractivity contribution in [2.24, 2.45) is 23.7 Å². The van der Waals surface area contributed by atoms with Gasteiger partial charge in [0.2, 0.25) is 0 Å². The summed E-state index contributed by atoms with van der Waals surface area (Å²) >= 11 is 0. The molecule has 8 unspecified atom stereocenters. The van der Waals surface area contributed by atoms with Crippen LogP contribution in [-0.2, 0) is 0 Å². The van der Waals surface area contributed by atoms with Crippen LogP contribution in [0.15, 0.2) is 0 Å². The van der Waals surface area contributed by atoms with Crippen molar-refractivity contribution in [3.8, 4) is 0 Å². The van der Waals surface area contributed by atoms with Crippen LogP contribution in [0.3, 0.4) is 0 Å². The van der Waals surface area contributed by atoms with Crippen molar-refractivity contribution < 1.29 is 10.0 Å². The van der Waals surface area contributed by atoms with Gasteiger partial charge in [-0.3, -0.25) is 0 Å². The van der Waals surface area contributed by atoms with E-state index in [4.69, 9.17) is 11.7 Å². The molecule has 8 atom stereocenters. The molecule has 0 amide bonds. The summed E-state index contributed by atoms with van der Waals surface area (Å²) in [6.45, 7) is 0. The van der Waals surface area contributed by atoms with Gasteiger partial charge < -0.3 is 21.7 Å². The third-order valence-corrected chi connectivity index (χ3v) is 5.64. The van der Waals surface area contributed by atoms with Crippen LogP contribution in [0.25, 0.3) is 11.7 Å². The fraction of sp³-hybridized carbons (Fsp3) is 1.00. The van der Waals surface area contributed by atoms with Crippen molar-refractivity contribution in [2.75, 3.05) is 14.1 Å². The Bertz CT molecular complexity index is 278. The third kappa shape index (κ3) is 1.44. The van der Waals surface area contributed by atoms with Gasteiger partial charge in [-0.25, -0.2) is 0 Å². The minimum Gasteiger partial charge on any atom is -0.469 e. The molecule has 0 aromatic carbocycles. The van der Waals surface area contributed by atoms with Gasteiger partial charge in [-0.05, 0) is 24.2 Å². The van der Waals surface area contributed by atoms with Crippen LogP contribution in [0.4, 0.5) is 0 Å². The first-order valence-electron chi connectivity index (χ1n) is 6.68. The van der Waals surface area contributed by atoms with Gasteiger partial charge in [-0.2, -0.15) is 0 Å². The molecule has 3 rings (SSSR count). The van der Waals surface area contributed by atoms with Crippen molar-refractivity contribution >= 4 is 0 Å². The van der Waals surface area contributed by atoms with Crippen LogP contribution < -0.4 is 10.0 Å². The molecule has 0 aliphatic heterocycles. The van der Waals surface area contributed by atoms with E-state index in [0.29, 0.717) is 12.1 Å². The molecule has 3 saturated carbocycles. The Morgan fingerprint density at radius 3 is 2.12 bits per heavy atom. The molecular weight excluding hydrogens is 200 g/mol. The normalized spacial score (nSPS) is 54.0. The van der Waals surface area contributed by atoms with E-state index in [1.165, 1.54) is 25.7 Å². The Kier molecular flexibility index (Phi) is 2.51. The molecule has 0 aromatic heterocycles. The quantitative estimate of drug-likeness (QED) is 0.608. The number of rotatable bonds is 2. The molecule has 4 nitrogen and oxygen atoms in total. The minimum absolute atomic E-state index is 0.574. The summed E-state index contributed by atoms with van der Waals surface area (Å²) in [4.78, 5) is 0. The Morgan fingerprint density at radius 2 is 1.50 bits per heavy atom. The van der Waals surface area contributed by atoms with Crippen LogP contribution >= 0.6 is 0 Å². The van der Waals surface area contributed by atoms with Crippen molar-refractivity contribution in [2.45, 2.75) is 37.8 Å². The topological polar surface area (TPSA) is 56.5 Å². The fourth-order valence-corrected chi connectivity index (χ4v) is 4.92. The van der Waals surface area contributed by atoms with Gasteiger partial charge in [0.15, 0.2) is 0 Å². The van der Waals surface area contributed by atoms with Crippen LogP contribution in [0.1, 0.15) is 25.7 Å². The first-order valence-corrected chi connectivity index (χ1v) is 6.68. The van der Waals surface area contributed by atoms with Gasteiger partial charge in [0.05, 0.1) is 26.2 Å². The van der Waals surface area contributed by atoms with Gasteiger partial charge in [0.25, 0.3) is 0 Å². The molecular formula is C12H24N4. The minimum atomic E-state index is 0.574. The molecule has 0 heterocycles. The fourth-order valence-electron chi connectivity index (χ4n) is 4.92. The number of quaternary nitrogens is 2. The van der Waals surface area contributed by atoms with Crippen LogP contribution in [0.5, 0.6) is 0 Å². The number of hydrogen-bond donors (Lipinski definition) is 2. The Balaban J connectivity index is 1.74. The summed E-state index contributed by atoms with van der Waals surface area (Å²) < 4.78 is 0. The molecule has 16 heavy (non-hydrogen) atoms. The molecule has 3 fully saturated rings. The lowest BCUT2D eigenvalue weighted by molar-refractivity contribution is -0.860. The average molecular weight is 224 g/mol. The zero-order valence-corrected chi connectivity index (χ0v) is 10.3. The first kappa shape index (κ1) is 11.0. The van der Waals surface area contributed by atoms with Crippen molar-refractivity contribution in [1.82, 2.24) is 0 Å². The monoisotopic (exact) mass is 224 g/mol. The lowest BCUT2D eigenvalue weighted by atomic mass is 9.79. The van der Waals surface area contributed by atoms with Crippen LogP contribution in [0, 0.1) is 23.7 Å². The van der Waals surface area contributed by atoms with Crippen LogP contribution in [0.2, 0.25) is 0 Å². The molecule has 0 aromatic rings. The van der Waals surface area contributed by atoms with E-state index in [9.17, 15) is 0 Å². The largest absolute Gasteiger partial charge is 0.469 e. The summed E-state index contributed by atoms with van der Waals surface area (Å²) in [7, 11) is 3.97. The summed E-state index contributed by atoms with van der Waals surface area (Å²) in [6, 6.07) is 1.17. The van der Waals surface area contributed by atoms with Gasteiger partial charge in [-0.15, -0.1) is 0 Å². The summed E-state index contributed by atoms with van der Waals surface area (Å²) in [5.74, 6) is 19.2. The van der Waals surface area contributed by atoms with Gasteiger partial charge in [-0.1, -0.05) is 0 Å². The molecule has 0 spiro atoms. The molecule has 3 aliphatic carbocycles. The summed E-state index contributed by atoms with van der Waals surface area (Å²) in [5.41, 5.74) is 0. The molecule has 2 bridgehead atoms. The smallest absolute Gasteiger partial charge is 0.0817 e. The molecule has 4 heteroatoms. The predicted octanol–water partition coefficient (Wildman–Crippen LogP) is -0.247. The van der Waals surface area contributed by atoms with Gasteiger partial charge in [0.1, 0.15) is 0 Å². The maximum Gasteiger partial charge on any atom is 0.0817 e. The van der Waals surface area contributed by atoms with Crippen LogP contribution in [-0.4, -0.2) is 26.2 Å². The van der Waals surface area contributed by atoms with E-state index in [-0.39, 0.29) is 0 Å². The highest BCUT2D eigenvalue weighted by atomic mass is 15.4. The van der Waals surface area contributed by atoms with Crippen molar-refractivity contribution in [1.29, 1.82) is 0 Å². The lowest BCUT2D eigenvalue weighted by Gasteiger charge is -2.36. The van der Waals surface area contributed by atoms with E-state index in [1.807, 2.05) is 14.1 Å². The Hall–Kier alpha value is -0.160. The molecule has 0 radical (unpaired) electrons. The van der Waals surface area contributed by atoms with Gasteiger partial charge in [0, 0.05) is 25.2 Å². The first-order chi connectivity index (χ1) is 7.58. The van der Waals surface area contributed by atoms with E-state index < -0.39 is 0 Å². The maximum atomic E-state index is 7.89. The molecule has 0 saturated heterocycles. The SMILES string of the molecule is C[NH+]([NH-])C1CC2C3CC(C2C1)C([NH+](C)[NH-])C3. The van der Waals surface area contributed by atoms with Gasteiger partial charge >= 0.3 is 0 Å². The third-order valence-electron chi connectivity index (χ3n) is 5.64. The molecule has 92 valence electrons.